The zero-order valence-electron chi connectivity index (χ0n) is 12.0. The summed E-state index contributed by atoms with van der Waals surface area (Å²) in [5.74, 6) is 0.0607. The number of carbonyl (C=O) groups excluding carboxylic acids is 1. The van der Waals surface area contributed by atoms with Crippen LogP contribution in [0.3, 0.4) is 0 Å². The van der Waals surface area contributed by atoms with E-state index in [-0.39, 0.29) is 12.5 Å². The summed E-state index contributed by atoms with van der Waals surface area (Å²) in [6, 6.07) is 13.6. The fraction of sp³-hybridized carbons (Fsp3) is 0.235. The molecule has 22 heavy (non-hydrogen) atoms. The van der Waals surface area contributed by atoms with Crippen molar-refractivity contribution in [3.05, 3.63) is 63.6 Å². The van der Waals surface area contributed by atoms with E-state index in [0.717, 1.165) is 13.0 Å². The van der Waals surface area contributed by atoms with E-state index in [1.54, 1.807) is 12.1 Å². The van der Waals surface area contributed by atoms with Crippen molar-refractivity contribution in [2.75, 3.05) is 18.4 Å². The van der Waals surface area contributed by atoms with Crippen LogP contribution >= 0.6 is 23.2 Å². The van der Waals surface area contributed by atoms with Crippen molar-refractivity contribution in [2.45, 2.75) is 13.0 Å². The van der Waals surface area contributed by atoms with Gasteiger partial charge in [0.05, 0.1) is 22.3 Å². The smallest absolute Gasteiger partial charge is 0.242 e. The van der Waals surface area contributed by atoms with Gasteiger partial charge in [0.2, 0.25) is 5.91 Å². The lowest BCUT2D eigenvalue weighted by atomic mass is 10.00. The number of hydrogen-bond donors (Lipinski definition) is 1. The van der Waals surface area contributed by atoms with E-state index >= 15 is 0 Å². The third-order valence-corrected chi connectivity index (χ3v) is 4.68. The van der Waals surface area contributed by atoms with Crippen molar-refractivity contribution in [3.63, 3.8) is 0 Å². The Morgan fingerprint density at radius 1 is 1.09 bits per heavy atom. The Bertz CT molecular complexity index is 703. The van der Waals surface area contributed by atoms with Crippen LogP contribution in [0.5, 0.6) is 0 Å². The van der Waals surface area contributed by atoms with Crippen LogP contribution in [-0.4, -0.2) is 23.9 Å². The third kappa shape index (κ3) is 3.21. The molecule has 0 unspecified atom stereocenters. The summed E-state index contributed by atoms with van der Waals surface area (Å²) in [6.07, 6.45) is 0.903. The zero-order chi connectivity index (χ0) is 15.5. The maximum atomic E-state index is 12.4. The van der Waals surface area contributed by atoms with Gasteiger partial charge >= 0.3 is 0 Å². The van der Waals surface area contributed by atoms with Gasteiger partial charge in [-0.2, -0.15) is 0 Å². The SMILES string of the molecule is O=C(CNc1cccc(Cl)c1Cl)N1CCc2ccccc2C1. The first-order valence-corrected chi connectivity index (χ1v) is 7.93. The Labute approximate surface area is 139 Å². The van der Waals surface area contributed by atoms with Crippen molar-refractivity contribution in [2.24, 2.45) is 0 Å². The normalized spacial score (nSPS) is 13.6. The van der Waals surface area contributed by atoms with Gasteiger partial charge in [-0.05, 0) is 29.7 Å². The van der Waals surface area contributed by atoms with Gasteiger partial charge in [-0.1, -0.05) is 53.5 Å². The van der Waals surface area contributed by atoms with E-state index in [9.17, 15) is 4.79 Å². The monoisotopic (exact) mass is 334 g/mol. The van der Waals surface area contributed by atoms with Gasteiger partial charge in [-0.15, -0.1) is 0 Å². The van der Waals surface area contributed by atoms with Gasteiger partial charge < -0.3 is 10.2 Å². The van der Waals surface area contributed by atoms with Crippen LogP contribution < -0.4 is 5.32 Å². The Hall–Kier alpha value is -1.71. The molecule has 1 amide bonds. The van der Waals surface area contributed by atoms with Gasteiger partial charge in [0, 0.05) is 13.1 Å². The summed E-state index contributed by atoms with van der Waals surface area (Å²) in [6.45, 7) is 1.63. The average Bonchev–Trinajstić information content (AvgIpc) is 2.55. The standard InChI is InChI=1S/C17H16Cl2N2O/c18-14-6-3-7-15(17(14)19)20-10-16(22)21-9-8-12-4-1-2-5-13(12)11-21/h1-7,20H,8-11H2. The lowest BCUT2D eigenvalue weighted by molar-refractivity contribution is -0.130. The second kappa shape index (κ2) is 6.59. The molecular weight excluding hydrogens is 319 g/mol. The first-order chi connectivity index (χ1) is 10.6. The quantitative estimate of drug-likeness (QED) is 0.920. The number of anilines is 1. The van der Waals surface area contributed by atoms with Crippen molar-refractivity contribution in [1.29, 1.82) is 0 Å². The topological polar surface area (TPSA) is 32.3 Å². The molecule has 0 fully saturated rings. The van der Waals surface area contributed by atoms with Gasteiger partial charge in [-0.3, -0.25) is 4.79 Å². The first kappa shape index (κ1) is 15.2. The first-order valence-electron chi connectivity index (χ1n) is 7.17. The third-order valence-electron chi connectivity index (χ3n) is 3.87. The van der Waals surface area contributed by atoms with Gasteiger partial charge in [0.25, 0.3) is 0 Å². The van der Waals surface area contributed by atoms with Crippen LogP contribution in [0.4, 0.5) is 5.69 Å². The molecule has 0 spiro atoms. The van der Waals surface area contributed by atoms with E-state index in [0.29, 0.717) is 22.3 Å². The number of halogens is 2. The molecular formula is C17H16Cl2N2O. The predicted molar refractivity (Wildman–Crippen MR) is 90.5 cm³/mol. The van der Waals surface area contributed by atoms with Gasteiger partial charge in [0.1, 0.15) is 0 Å². The number of benzene rings is 2. The second-order valence-corrected chi connectivity index (χ2v) is 6.07. The molecule has 0 radical (unpaired) electrons. The van der Waals surface area contributed by atoms with Crippen LogP contribution in [0.15, 0.2) is 42.5 Å². The predicted octanol–water partition coefficient (Wildman–Crippen LogP) is 3.99. The van der Waals surface area contributed by atoms with Crippen LogP contribution in [0.25, 0.3) is 0 Å². The molecule has 0 saturated heterocycles. The van der Waals surface area contributed by atoms with E-state index < -0.39 is 0 Å². The maximum Gasteiger partial charge on any atom is 0.242 e. The highest BCUT2D eigenvalue weighted by molar-refractivity contribution is 6.43. The second-order valence-electron chi connectivity index (χ2n) is 5.29. The molecule has 3 nitrogen and oxygen atoms in total. The number of fused-ring (bicyclic) bond motifs is 1. The molecule has 0 saturated carbocycles. The molecule has 1 aliphatic rings. The van der Waals surface area contributed by atoms with E-state index in [2.05, 4.69) is 17.4 Å². The highest BCUT2D eigenvalue weighted by atomic mass is 35.5. The molecule has 0 aliphatic carbocycles. The Balaban J connectivity index is 1.63. The minimum atomic E-state index is 0.0607. The number of carbonyl (C=O) groups is 1. The fourth-order valence-corrected chi connectivity index (χ4v) is 3.00. The molecule has 0 bridgehead atoms. The van der Waals surface area contributed by atoms with Crippen LogP contribution in [0.2, 0.25) is 10.0 Å². The Morgan fingerprint density at radius 2 is 1.86 bits per heavy atom. The molecule has 0 aromatic heterocycles. The Kier molecular flexibility index (Phi) is 4.55. The van der Waals surface area contributed by atoms with Gasteiger partial charge in [0.15, 0.2) is 0 Å². The van der Waals surface area contributed by atoms with E-state index in [1.165, 1.54) is 11.1 Å². The minimum absolute atomic E-state index is 0.0607. The average molecular weight is 335 g/mol. The summed E-state index contributed by atoms with van der Waals surface area (Å²) in [7, 11) is 0. The minimum Gasteiger partial charge on any atom is -0.375 e. The van der Waals surface area contributed by atoms with Crippen molar-refractivity contribution >= 4 is 34.8 Å². The summed E-state index contributed by atoms with van der Waals surface area (Å²) < 4.78 is 0. The van der Waals surface area contributed by atoms with Crippen LogP contribution in [0, 0.1) is 0 Å². The molecule has 2 aromatic rings. The van der Waals surface area contributed by atoms with Crippen LogP contribution in [0.1, 0.15) is 11.1 Å². The van der Waals surface area contributed by atoms with Gasteiger partial charge in [-0.25, -0.2) is 0 Å². The zero-order valence-corrected chi connectivity index (χ0v) is 13.5. The summed E-state index contributed by atoms with van der Waals surface area (Å²) in [4.78, 5) is 14.2. The van der Waals surface area contributed by atoms with Crippen molar-refractivity contribution in [1.82, 2.24) is 4.90 Å². The van der Waals surface area contributed by atoms with Crippen molar-refractivity contribution < 1.29 is 4.79 Å². The number of nitrogens with one attached hydrogen (secondary N) is 1. The summed E-state index contributed by atoms with van der Waals surface area (Å²) in [5.41, 5.74) is 3.24. The number of nitrogens with zero attached hydrogens (tertiary/aromatic N) is 1. The fourth-order valence-electron chi connectivity index (χ4n) is 2.63. The molecule has 2 aromatic carbocycles. The van der Waals surface area contributed by atoms with E-state index in [4.69, 9.17) is 23.2 Å². The maximum absolute atomic E-state index is 12.4. The number of hydrogen-bond acceptors (Lipinski definition) is 2. The highest BCUT2D eigenvalue weighted by Crippen LogP contribution is 2.29. The molecule has 1 heterocycles. The molecule has 5 heteroatoms. The summed E-state index contributed by atoms with van der Waals surface area (Å²) in [5, 5.41) is 3.99. The number of amides is 1. The largest absolute Gasteiger partial charge is 0.375 e. The lowest BCUT2D eigenvalue weighted by Gasteiger charge is -2.29. The molecule has 1 aliphatic heterocycles. The molecule has 1 N–H and O–H groups in total. The molecule has 114 valence electrons. The Morgan fingerprint density at radius 3 is 2.68 bits per heavy atom. The summed E-state index contributed by atoms with van der Waals surface area (Å²) >= 11 is 12.1. The lowest BCUT2D eigenvalue weighted by Crippen LogP contribution is -2.39. The van der Waals surface area contributed by atoms with E-state index in [1.807, 2.05) is 23.1 Å². The molecule has 3 rings (SSSR count). The van der Waals surface area contributed by atoms with Crippen molar-refractivity contribution in [3.8, 4) is 0 Å². The van der Waals surface area contributed by atoms with Crippen LogP contribution in [-0.2, 0) is 17.8 Å². The molecule has 0 atom stereocenters. The number of rotatable bonds is 3. The highest BCUT2D eigenvalue weighted by Gasteiger charge is 2.20.